The highest BCUT2D eigenvalue weighted by molar-refractivity contribution is 6.34. The largest absolute Gasteiger partial charge is 0.490 e. The van der Waals surface area contributed by atoms with Gasteiger partial charge in [-0.2, -0.15) is 0 Å². The molecule has 0 fully saturated rings. The van der Waals surface area contributed by atoms with Crippen LogP contribution in [0.3, 0.4) is 0 Å². The predicted molar refractivity (Wildman–Crippen MR) is 101 cm³/mol. The first kappa shape index (κ1) is 21.0. The van der Waals surface area contributed by atoms with E-state index in [9.17, 15) is 19.7 Å². The van der Waals surface area contributed by atoms with Crippen molar-refractivity contribution in [2.45, 2.75) is 6.92 Å². The van der Waals surface area contributed by atoms with Gasteiger partial charge in [-0.25, -0.2) is 4.79 Å². The summed E-state index contributed by atoms with van der Waals surface area (Å²) in [6, 6.07) is 8.26. The lowest BCUT2D eigenvalue weighted by Gasteiger charge is -2.10. The van der Waals surface area contributed by atoms with Crippen molar-refractivity contribution in [3.05, 3.63) is 57.1 Å². The number of anilines is 1. The van der Waals surface area contributed by atoms with E-state index in [1.54, 1.807) is 6.92 Å². The Kier molecular flexibility index (Phi) is 7.16. The van der Waals surface area contributed by atoms with Crippen LogP contribution in [-0.2, 0) is 9.53 Å². The summed E-state index contributed by atoms with van der Waals surface area (Å²) in [5, 5.41) is 13.6. The van der Waals surface area contributed by atoms with Crippen molar-refractivity contribution in [3.63, 3.8) is 0 Å². The smallest absolute Gasteiger partial charge is 0.339 e. The van der Waals surface area contributed by atoms with Crippen LogP contribution in [0.25, 0.3) is 0 Å². The number of benzene rings is 2. The lowest BCUT2D eigenvalue weighted by atomic mass is 10.2. The summed E-state index contributed by atoms with van der Waals surface area (Å²) >= 11 is 6.04. The second-order valence-electron chi connectivity index (χ2n) is 5.34. The molecule has 2 rings (SSSR count). The van der Waals surface area contributed by atoms with Gasteiger partial charge < -0.3 is 19.5 Å². The number of esters is 1. The number of nitrogens with one attached hydrogen (secondary N) is 1. The van der Waals surface area contributed by atoms with Gasteiger partial charge in [0.2, 0.25) is 5.75 Å². The average molecular weight is 409 g/mol. The minimum Gasteiger partial charge on any atom is -0.490 e. The Bertz CT molecular complexity index is 901. The first-order chi connectivity index (χ1) is 13.3. The highest BCUT2D eigenvalue weighted by Crippen LogP contribution is 2.30. The first-order valence-electron chi connectivity index (χ1n) is 8.07. The number of hydrogen-bond acceptors (Lipinski definition) is 7. The number of carbonyl (C=O) groups is 2. The van der Waals surface area contributed by atoms with E-state index in [1.165, 1.54) is 43.5 Å². The zero-order valence-corrected chi connectivity index (χ0v) is 15.8. The average Bonchev–Trinajstić information content (AvgIpc) is 2.66. The van der Waals surface area contributed by atoms with Crippen LogP contribution < -0.4 is 14.8 Å². The molecule has 0 unspecified atom stereocenters. The highest BCUT2D eigenvalue weighted by Gasteiger charge is 2.16. The van der Waals surface area contributed by atoms with Gasteiger partial charge in [-0.15, -0.1) is 0 Å². The van der Waals surface area contributed by atoms with Crippen LogP contribution in [0.5, 0.6) is 11.5 Å². The quantitative estimate of drug-likeness (QED) is 0.403. The van der Waals surface area contributed by atoms with Gasteiger partial charge in [0.1, 0.15) is 5.75 Å². The molecule has 148 valence electrons. The third-order valence-electron chi connectivity index (χ3n) is 3.47. The van der Waals surface area contributed by atoms with Crippen molar-refractivity contribution in [1.82, 2.24) is 0 Å². The lowest BCUT2D eigenvalue weighted by Crippen LogP contribution is -2.20. The molecule has 0 saturated carbocycles. The van der Waals surface area contributed by atoms with E-state index in [4.69, 9.17) is 25.8 Å². The van der Waals surface area contributed by atoms with E-state index in [-0.39, 0.29) is 41.0 Å². The summed E-state index contributed by atoms with van der Waals surface area (Å²) in [4.78, 5) is 34.0. The van der Waals surface area contributed by atoms with E-state index in [2.05, 4.69) is 5.32 Å². The van der Waals surface area contributed by atoms with Crippen molar-refractivity contribution >= 4 is 34.9 Å². The highest BCUT2D eigenvalue weighted by atomic mass is 35.5. The monoisotopic (exact) mass is 408 g/mol. The molecule has 9 nitrogen and oxygen atoms in total. The molecule has 2 aromatic carbocycles. The number of nitro groups is 1. The predicted octanol–water partition coefficient (Wildman–Crippen LogP) is 3.45. The Hall–Kier alpha value is -3.33. The fourth-order valence-electron chi connectivity index (χ4n) is 2.21. The molecule has 0 spiro atoms. The second-order valence-corrected chi connectivity index (χ2v) is 5.75. The summed E-state index contributed by atoms with van der Waals surface area (Å²) in [5.74, 6) is -0.796. The third kappa shape index (κ3) is 5.34. The molecule has 0 saturated heterocycles. The van der Waals surface area contributed by atoms with Crippen molar-refractivity contribution in [1.29, 1.82) is 0 Å². The van der Waals surface area contributed by atoms with Gasteiger partial charge in [0.05, 0.1) is 29.2 Å². The third-order valence-corrected chi connectivity index (χ3v) is 3.78. The molecule has 0 aromatic heterocycles. The molecule has 2 aromatic rings. The molecule has 0 aliphatic carbocycles. The van der Waals surface area contributed by atoms with Gasteiger partial charge in [-0.05, 0) is 31.2 Å². The SMILES string of the molecule is CCOC(=O)c1ccc(NC(=O)COc2ccc([N+](=O)[O-])c(OC)c2)cc1Cl. The summed E-state index contributed by atoms with van der Waals surface area (Å²) < 4.78 is 15.1. The number of nitrogens with zero attached hydrogens (tertiary/aromatic N) is 1. The van der Waals surface area contributed by atoms with Gasteiger partial charge in [-0.3, -0.25) is 14.9 Å². The molecular weight excluding hydrogens is 392 g/mol. The van der Waals surface area contributed by atoms with Gasteiger partial charge in [-0.1, -0.05) is 11.6 Å². The number of carbonyl (C=O) groups excluding carboxylic acids is 2. The Balaban J connectivity index is 1.98. The zero-order chi connectivity index (χ0) is 20.7. The van der Waals surface area contributed by atoms with E-state index in [0.717, 1.165) is 0 Å². The van der Waals surface area contributed by atoms with Crippen molar-refractivity contribution in [2.24, 2.45) is 0 Å². The Labute approximate surface area is 165 Å². The van der Waals surface area contributed by atoms with Crippen molar-refractivity contribution in [2.75, 3.05) is 25.6 Å². The van der Waals surface area contributed by atoms with Gasteiger partial charge in [0.25, 0.3) is 5.91 Å². The van der Waals surface area contributed by atoms with E-state index >= 15 is 0 Å². The molecule has 0 heterocycles. The van der Waals surface area contributed by atoms with Crippen LogP contribution in [0.2, 0.25) is 5.02 Å². The molecule has 28 heavy (non-hydrogen) atoms. The van der Waals surface area contributed by atoms with Crippen LogP contribution in [0.1, 0.15) is 17.3 Å². The Morgan fingerprint density at radius 1 is 1.21 bits per heavy atom. The first-order valence-corrected chi connectivity index (χ1v) is 8.45. The van der Waals surface area contributed by atoms with Crippen LogP contribution in [0, 0.1) is 10.1 Å². The summed E-state index contributed by atoms with van der Waals surface area (Å²) in [6.45, 7) is 1.55. The second kappa shape index (κ2) is 9.56. The molecule has 10 heteroatoms. The maximum atomic E-state index is 12.0. The number of halogens is 1. The lowest BCUT2D eigenvalue weighted by molar-refractivity contribution is -0.385. The van der Waals surface area contributed by atoms with Crippen LogP contribution in [0.4, 0.5) is 11.4 Å². The number of amides is 1. The molecule has 0 aliphatic rings. The number of ether oxygens (including phenoxy) is 3. The van der Waals surface area contributed by atoms with E-state index in [0.29, 0.717) is 5.69 Å². The topological polar surface area (TPSA) is 117 Å². The molecule has 0 aliphatic heterocycles. The number of methoxy groups -OCH3 is 1. The molecule has 0 atom stereocenters. The standard InChI is InChI=1S/C18H17ClN2O7/c1-3-27-18(23)13-6-4-11(8-14(13)19)20-17(22)10-28-12-5-7-15(21(24)25)16(9-12)26-2/h4-9H,3,10H2,1-2H3,(H,20,22). The molecule has 0 radical (unpaired) electrons. The normalized spacial score (nSPS) is 10.1. The number of nitro benzene ring substituents is 1. The number of rotatable bonds is 8. The maximum absolute atomic E-state index is 12.0. The van der Waals surface area contributed by atoms with Gasteiger partial charge >= 0.3 is 11.7 Å². The van der Waals surface area contributed by atoms with E-state index < -0.39 is 16.8 Å². The van der Waals surface area contributed by atoms with Crippen LogP contribution in [0.15, 0.2) is 36.4 Å². The van der Waals surface area contributed by atoms with Crippen LogP contribution in [-0.4, -0.2) is 37.1 Å². The van der Waals surface area contributed by atoms with Crippen molar-refractivity contribution in [3.8, 4) is 11.5 Å². The molecule has 1 amide bonds. The Morgan fingerprint density at radius 2 is 1.96 bits per heavy atom. The summed E-state index contributed by atoms with van der Waals surface area (Å²) in [5.41, 5.74) is 0.347. The molecule has 0 bridgehead atoms. The Morgan fingerprint density at radius 3 is 2.57 bits per heavy atom. The fourth-order valence-corrected chi connectivity index (χ4v) is 2.47. The maximum Gasteiger partial charge on any atom is 0.339 e. The minimum absolute atomic E-state index is 0.0178. The zero-order valence-electron chi connectivity index (χ0n) is 15.1. The van der Waals surface area contributed by atoms with E-state index in [1.807, 2.05) is 0 Å². The summed E-state index contributed by atoms with van der Waals surface area (Å²) in [7, 11) is 1.29. The molecule has 1 N–H and O–H groups in total. The van der Waals surface area contributed by atoms with Gasteiger partial charge in [0.15, 0.2) is 6.61 Å². The fraction of sp³-hybridized carbons (Fsp3) is 0.222. The van der Waals surface area contributed by atoms with Gasteiger partial charge in [0, 0.05) is 17.8 Å². The van der Waals surface area contributed by atoms with Crippen LogP contribution >= 0.6 is 11.6 Å². The summed E-state index contributed by atoms with van der Waals surface area (Å²) in [6.07, 6.45) is 0. The van der Waals surface area contributed by atoms with Crippen molar-refractivity contribution < 1.29 is 28.7 Å². The number of hydrogen-bond donors (Lipinski definition) is 1. The minimum atomic E-state index is -0.584. The molecular formula is C18H17ClN2O7.